The van der Waals surface area contributed by atoms with Gasteiger partial charge in [0.25, 0.3) is 5.47 Å². The Labute approximate surface area is 128 Å². The molecule has 7 N–H and O–H groups in total. The second-order valence-electron chi connectivity index (χ2n) is 5.02. The van der Waals surface area contributed by atoms with Gasteiger partial charge in [-0.1, -0.05) is 0 Å². The summed E-state index contributed by atoms with van der Waals surface area (Å²) < 4.78 is 18.1. The maximum atomic E-state index is 12.1. The van der Waals surface area contributed by atoms with Crippen LogP contribution in [0.25, 0.3) is 11.2 Å². The molecule has 1 saturated heterocycles. The minimum atomic E-state index is -5.22. The fourth-order valence-electron chi connectivity index (χ4n) is 2.60. The van der Waals surface area contributed by atoms with Gasteiger partial charge < -0.3 is 35.6 Å². The van der Waals surface area contributed by atoms with E-state index >= 15 is 0 Å². The number of nitrogen functional groups attached to an aromatic ring is 1. The minimum Gasteiger partial charge on any atom is -0.394 e. The zero-order valence-corrected chi connectivity index (χ0v) is 12.4. The minimum absolute atomic E-state index is 0.0399. The second kappa shape index (κ2) is 5.18. The van der Waals surface area contributed by atoms with Crippen LogP contribution >= 0.6 is 7.60 Å². The van der Waals surface area contributed by atoms with Crippen molar-refractivity contribution in [3.63, 3.8) is 0 Å². The maximum absolute atomic E-state index is 12.1. The summed E-state index contributed by atoms with van der Waals surface area (Å²) in [5, 5.41) is 29.3. The van der Waals surface area contributed by atoms with Crippen molar-refractivity contribution in [2.24, 2.45) is 0 Å². The molecule has 1 aliphatic rings. The fourth-order valence-corrected chi connectivity index (χ4v) is 3.80. The van der Waals surface area contributed by atoms with Crippen LogP contribution in [-0.4, -0.2) is 69.5 Å². The molecule has 1 aliphatic heterocycles. The van der Waals surface area contributed by atoms with Crippen molar-refractivity contribution >= 4 is 24.6 Å². The number of hydrogen-bond donors (Lipinski definition) is 6. The quantitative estimate of drug-likeness (QED) is 0.316. The number of aliphatic hydroxyl groups excluding tert-OH is 3. The molecule has 0 aromatic carbocycles. The molecular formula is C10H14N5O7P. The van der Waals surface area contributed by atoms with E-state index in [0.29, 0.717) is 0 Å². The lowest BCUT2D eigenvalue weighted by molar-refractivity contribution is -0.0985. The van der Waals surface area contributed by atoms with Crippen molar-refractivity contribution < 1.29 is 34.4 Å². The fraction of sp³-hybridized carbons (Fsp3) is 0.500. The lowest BCUT2D eigenvalue weighted by Gasteiger charge is -2.33. The third-order valence-electron chi connectivity index (χ3n) is 3.72. The first kappa shape index (κ1) is 16.2. The SMILES string of the molecule is Nc1ncnc2c1ncn2[C@]1(P(=O)(O)O)O[C@H](CO)[C@@H](O)[C@H]1O. The van der Waals surface area contributed by atoms with Gasteiger partial charge in [-0.15, -0.1) is 0 Å². The van der Waals surface area contributed by atoms with E-state index in [0.717, 1.165) is 17.2 Å². The summed E-state index contributed by atoms with van der Waals surface area (Å²) in [4.78, 5) is 31.0. The van der Waals surface area contributed by atoms with Crippen molar-refractivity contribution in [1.29, 1.82) is 0 Å². The third kappa shape index (κ3) is 2.08. The predicted octanol–water partition coefficient (Wildman–Crippen LogP) is -2.69. The van der Waals surface area contributed by atoms with E-state index in [1.807, 2.05) is 0 Å². The topological polar surface area (TPSA) is 197 Å². The average Bonchev–Trinajstić information content (AvgIpc) is 3.01. The zero-order chi connectivity index (χ0) is 17.0. The average molecular weight is 347 g/mol. The Balaban J connectivity index is 2.30. The molecular weight excluding hydrogens is 333 g/mol. The number of imidazole rings is 1. The predicted molar refractivity (Wildman–Crippen MR) is 73.7 cm³/mol. The van der Waals surface area contributed by atoms with Gasteiger partial charge in [0.1, 0.15) is 36.5 Å². The van der Waals surface area contributed by atoms with Crippen molar-refractivity contribution in [3.8, 4) is 0 Å². The Hall–Kier alpha value is -1.66. The molecule has 0 spiro atoms. The van der Waals surface area contributed by atoms with Gasteiger partial charge in [0.2, 0.25) is 0 Å². The molecule has 0 saturated carbocycles. The number of aromatic nitrogens is 4. The smallest absolute Gasteiger partial charge is 0.381 e. The van der Waals surface area contributed by atoms with E-state index in [-0.39, 0.29) is 17.0 Å². The number of hydrogen-bond acceptors (Lipinski definition) is 9. The van der Waals surface area contributed by atoms with Gasteiger partial charge in [0.05, 0.1) is 6.61 Å². The first-order valence-corrected chi connectivity index (χ1v) is 7.99. The molecule has 126 valence electrons. The van der Waals surface area contributed by atoms with Gasteiger partial charge in [0, 0.05) is 0 Å². The number of ether oxygens (including phenoxy) is 1. The molecule has 2 aromatic rings. The van der Waals surface area contributed by atoms with E-state index in [1.54, 1.807) is 0 Å². The molecule has 0 aliphatic carbocycles. The van der Waals surface area contributed by atoms with E-state index in [4.69, 9.17) is 10.5 Å². The molecule has 0 radical (unpaired) electrons. The summed E-state index contributed by atoms with van der Waals surface area (Å²) in [7, 11) is -5.22. The Morgan fingerprint density at radius 1 is 1.35 bits per heavy atom. The summed E-state index contributed by atoms with van der Waals surface area (Å²) in [6, 6.07) is 0. The molecule has 4 atom stereocenters. The van der Waals surface area contributed by atoms with Gasteiger partial charge in [-0.25, -0.2) is 15.0 Å². The van der Waals surface area contributed by atoms with Crippen LogP contribution in [0.15, 0.2) is 12.7 Å². The van der Waals surface area contributed by atoms with Crippen LogP contribution in [0.4, 0.5) is 5.82 Å². The van der Waals surface area contributed by atoms with Crippen LogP contribution in [-0.2, 0) is 14.8 Å². The Bertz CT molecular complexity index is 793. The van der Waals surface area contributed by atoms with Crippen molar-refractivity contribution in [1.82, 2.24) is 19.5 Å². The van der Waals surface area contributed by atoms with Crippen molar-refractivity contribution in [3.05, 3.63) is 12.7 Å². The maximum Gasteiger partial charge on any atom is 0.381 e. The van der Waals surface area contributed by atoms with Gasteiger partial charge in [-0.05, 0) is 0 Å². The highest BCUT2D eigenvalue weighted by Crippen LogP contribution is 2.61. The summed E-state index contributed by atoms with van der Waals surface area (Å²) in [6.45, 7) is -0.760. The monoisotopic (exact) mass is 347 g/mol. The lowest BCUT2D eigenvalue weighted by atomic mass is 10.1. The van der Waals surface area contributed by atoms with Crippen LogP contribution in [0.3, 0.4) is 0 Å². The first-order chi connectivity index (χ1) is 10.7. The number of nitrogens with zero attached hydrogens (tertiary/aromatic N) is 4. The Kier molecular flexibility index (Phi) is 3.65. The number of rotatable bonds is 3. The normalized spacial score (nSPS) is 31.8. The largest absolute Gasteiger partial charge is 0.394 e. The van der Waals surface area contributed by atoms with Crippen molar-refractivity contribution in [2.45, 2.75) is 23.8 Å². The van der Waals surface area contributed by atoms with E-state index in [1.165, 1.54) is 0 Å². The Morgan fingerprint density at radius 3 is 2.61 bits per heavy atom. The third-order valence-corrected chi connectivity index (χ3v) is 5.14. The molecule has 12 nitrogen and oxygen atoms in total. The number of fused-ring (bicyclic) bond motifs is 1. The Morgan fingerprint density at radius 2 is 2.04 bits per heavy atom. The van der Waals surface area contributed by atoms with Crippen LogP contribution in [0.5, 0.6) is 0 Å². The molecule has 23 heavy (non-hydrogen) atoms. The first-order valence-electron chi connectivity index (χ1n) is 6.38. The molecule has 1 fully saturated rings. The van der Waals surface area contributed by atoms with Gasteiger partial charge in [-0.3, -0.25) is 9.13 Å². The molecule has 3 rings (SSSR count). The summed E-state index contributed by atoms with van der Waals surface area (Å²) >= 11 is 0. The molecule has 0 amide bonds. The van der Waals surface area contributed by atoms with Crippen LogP contribution in [0.2, 0.25) is 0 Å². The van der Waals surface area contributed by atoms with Crippen LogP contribution in [0.1, 0.15) is 0 Å². The standard InChI is InChI=1S/C10H14N5O7P/c11-8-5-9(13-2-12-8)15(3-14-5)10(23(19,20)21)7(18)6(17)4(1-16)22-10/h2-4,6-7,16-18H,1H2,(H2,11,12,13)(H2,19,20,21)/t4-,6-,7-,10+/m1/s1. The summed E-state index contributed by atoms with van der Waals surface area (Å²) in [5.74, 6) is -0.0404. The summed E-state index contributed by atoms with van der Waals surface area (Å²) in [5.41, 5.74) is 2.86. The molecule has 2 aromatic heterocycles. The van der Waals surface area contributed by atoms with E-state index < -0.39 is 38.0 Å². The molecule has 3 heterocycles. The number of nitrogens with two attached hydrogens (primary N) is 1. The zero-order valence-electron chi connectivity index (χ0n) is 11.5. The van der Waals surface area contributed by atoms with Gasteiger partial charge in [-0.2, -0.15) is 0 Å². The highest BCUT2D eigenvalue weighted by atomic mass is 31.2. The number of anilines is 1. The molecule has 13 heteroatoms. The van der Waals surface area contributed by atoms with Gasteiger partial charge in [0.15, 0.2) is 11.5 Å². The number of aliphatic hydroxyl groups is 3. The van der Waals surface area contributed by atoms with E-state index in [2.05, 4.69) is 15.0 Å². The van der Waals surface area contributed by atoms with Crippen LogP contribution < -0.4 is 5.73 Å². The molecule has 0 unspecified atom stereocenters. The van der Waals surface area contributed by atoms with Crippen molar-refractivity contribution in [2.75, 3.05) is 12.3 Å². The van der Waals surface area contributed by atoms with Crippen LogP contribution in [0, 0.1) is 0 Å². The highest BCUT2D eigenvalue weighted by molar-refractivity contribution is 7.52. The highest BCUT2D eigenvalue weighted by Gasteiger charge is 2.66. The lowest BCUT2D eigenvalue weighted by Crippen LogP contribution is -2.45. The summed E-state index contributed by atoms with van der Waals surface area (Å²) in [6.07, 6.45) is -3.18. The molecule has 0 bridgehead atoms. The van der Waals surface area contributed by atoms with Gasteiger partial charge >= 0.3 is 7.60 Å². The second-order valence-corrected chi connectivity index (χ2v) is 6.75. The van der Waals surface area contributed by atoms with E-state index in [9.17, 15) is 29.7 Å².